The summed E-state index contributed by atoms with van der Waals surface area (Å²) >= 11 is 0. The van der Waals surface area contributed by atoms with Crippen LogP contribution in [0.1, 0.15) is 42.1 Å². The number of aromatic nitrogens is 2. The van der Waals surface area contributed by atoms with Crippen molar-refractivity contribution in [1.82, 2.24) is 14.9 Å². The number of aliphatic hydroxyl groups is 1. The Kier molecular flexibility index (Phi) is 8.02. The van der Waals surface area contributed by atoms with Gasteiger partial charge in [-0.1, -0.05) is 25.5 Å². The molecule has 7 nitrogen and oxygen atoms in total. The minimum atomic E-state index is -0.0678. The standard InChI is InChI=1S/C21H33N5O2/c1-6-7-17(13-27)24-20-18(14(2)23-21(22)25-20)11-16-9-8-15(12-26(3)4)10-19(16)28-5/h8-10,17,27H,6-7,11-13H2,1-5H3,(H3,22,23,24,25). The maximum Gasteiger partial charge on any atom is 0.222 e. The summed E-state index contributed by atoms with van der Waals surface area (Å²) in [5, 5.41) is 13.0. The molecule has 2 rings (SSSR count). The molecule has 4 N–H and O–H groups in total. The van der Waals surface area contributed by atoms with E-state index in [2.05, 4.69) is 45.3 Å². The lowest BCUT2D eigenvalue weighted by atomic mass is 10.0. The van der Waals surface area contributed by atoms with Crippen LogP contribution in [-0.4, -0.2) is 53.8 Å². The summed E-state index contributed by atoms with van der Waals surface area (Å²) in [5.74, 6) is 1.75. The zero-order valence-corrected chi connectivity index (χ0v) is 17.6. The Morgan fingerprint density at radius 1 is 1.29 bits per heavy atom. The van der Waals surface area contributed by atoms with Gasteiger partial charge in [-0.25, -0.2) is 4.98 Å². The van der Waals surface area contributed by atoms with Crippen LogP contribution in [0.4, 0.5) is 11.8 Å². The lowest BCUT2D eigenvalue weighted by Crippen LogP contribution is -2.25. The number of rotatable bonds is 10. The van der Waals surface area contributed by atoms with Crippen molar-refractivity contribution in [2.24, 2.45) is 0 Å². The van der Waals surface area contributed by atoms with E-state index in [1.165, 1.54) is 5.56 Å². The van der Waals surface area contributed by atoms with Crippen molar-refractivity contribution in [2.75, 3.05) is 38.9 Å². The number of nitrogen functional groups attached to an aromatic ring is 1. The smallest absolute Gasteiger partial charge is 0.222 e. The van der Waals surface area contributed by atoms with E-state index >= 15 is 0 Å². The summed E-state index contributed by atoms with van der Waals surface area (Å²) in [5.41, 5.74) is 9.91. The summed E-state index contributed by atoms with van der Waals surface area (Å²) < 4.78 is 5.64. The van der Waals surface area contributed by atoms with Crippen molar-refractivity contribution in [1.29, 1.82) is 0 Å². The first-order valence-electron chi connectivity index (χ1n) is 9.68. The molecule has 1 aromatic carbocycles. The Morgan fingerprint density at radius 3 is 2.64 bits per heavy atom. The van der Waals surface area contributed by atoms with E-state index in [1.807, 2.05) is 21.0 Å². The third kappa shape index (κ3) is 5.81. The predicted molar refractivity (Wildman–Crippen MR) is 114 cm³/mol. The maximum absolute atomic E-state index is 9.66. The minimum absolute atomic E-state index is 0.0405. The highest BCUT2D eigenvalue weighted by Crippen LogP contribution is 2.28. The van der Waals surface area contributed by atoms with Crippen molar-refractivity contribution in [2.45, 2.75) is 45.7 Å². The fourth-order valence-corrected chi connectivity index (χ4v) is 3.29. The summed E-state index contributed by atoms with van der Waals surface area (Å²) in [7, 11) is 5.77. The molecule has 0 aliphatic heterocycles. The lowest BCUT2D eigenvalue weighted by molar-refractivity contribution is 0.268. The second-order valence-corrected chi connectivity index (χ2v) is 7.37. The lowest BCUT2D eigenvalue weighted by Gasteiger charge is -2.20. The van der Waals surface area contributed by atoms with E-state index < -0.39 is 0 Å². The number of anilines is 2. The molecule has 0 saturated carbocycles. The van der Waals surface area contributed by atoms with Gasteiger partial charge in [0.15, 0.2) is 0 Å². The Bertz CT molecular complexity index is 780. The molecule has 0 fully saturated rings. The molecule has 0 radical (unpaired) electrons. The Morgan fingerprint density at radius 2 is 2.04 bits per heavy atom. The molecule has 0 aliphatic rings. The third-order valence-corrected chi connectivity index (χ3v) is 4.65. The topological polar surface area (TPSA) is 96.5 Å². The first-order chi connectivity index (χ1) is 13.4. The summed E-state index contributed by atoms with van der Waals surface area (Å²) in [6.45, 7) is 4.91. The van der Waals surface area contributed by atoms with Gasteiger partial charge in [0.1, 0.15) is 11.6 Å². The molecular weight excluding hydrogens is 354 g/mol. The van der Waals surface area contributed by atoms with Crippen molar-refractivity contribution >= 4 is 11.8 Å². The Labute approximate surface area is 167 Å². The molecule has 1 atom stereocenters. The average molecular weight is 388 g/mol. The van der Waals surface area contributed by atoms with Gasteiger partial charge in [0, 0.05) is 24.2 Å². The van der Waals surface area contributed by atoms with E-state index in [1.54, 1.807) is 7.11 Å². The van der Waals surface area contributed by atoms with Crippen LogP contribution in [0.2, 0.25) is 0 Å². The molecule has 28 heavy (non-hydrogen) atoms. The van der Waals surface area contributed by atoms with E-state index in [9.17, 15) is 5.11 Å². The number of nitrogens with two attached hydrogens (primary N) is 1. The number of methoxy groups -OCH3 is 1. The van der Waals surface area contributed by atoms with E-state index in [4.69, 9.17) is 10.5 Å². The first-order valence-corrected chi connectivity index (χ1v) is 9.68. The monoisotopic (exact) mass is 387 g/mol. The van der Waals surface area contributed by atoms with Crippen LogP contribution in [0.5, 0.6) is 5.75 Å². The van der Waals surface area contributed by atoms with Gasteiger partial charge >= 0.3 is 0 Å². The highest BCUT2D eigenvalue weighted by Gasteiger charge is 2.17. The fourth-order valence-electron chi connectivity index (χ4n) is 3.29. The molecule has 7 heteroatoms. The number of benzene rings is 1. The number of hydrogen-bond acceptors (Lipinski definition) is 7. The van der Waals surface area contributed by atoms with Gasteiger partial charge in [0.25, 0.3) is 0 Å². The average Bonchev–Trinajstić information content (AvgIpc) is 2.64. The Balaban J connectivity index is 2.37. The van der Waals surface area contributed by atoms with Crippen LogP contribution in [0.15, 0.2) is 18.2 Å². The number of ether oxygens (including phenoxy) is 1. The minimum Gasteiger partial charge on any atom is -0.496 e. The van der Waals surface area contributed by atoms with Crippen molar-refractivity contribution in [3.63, 3.8) is 0 Å². The van der Waals surface area contributed by atoms with E-state index in [0.717, 1.165) is 42.0 Å². The SMILES string of the molecule is CCCC(CO)Nc1nc(N)nc(C)c1Cc1ccc(CN(C)C)cc1OC. The van der Waals surface area contributed by atoms with Crippen molar-refractivity contribution in [3.8, 4) is 5.75 Å². The second-order valence-electron chi connectivity index (χ2n) is 7.37. The zero-order chi connectivity index (χ0) is 20.7. The fraction of sp³-hybridized carbons (Fsp3) is 0.524. The van der Waals surface area contributed by atoms with Gasteiger partial charge in [-0.15, -0.1) is 0 Å². The molecule has 0 spiro atoms. The molecule has 1 unspecified atom stereocenters. The van der Waals surface area contributed by atoms with E-state index in [-0.39, 0.29) is 18.6 Å². The molecule has 1 aromatic heterocycles. The predicted octanol–water partition coefficient (Wildman–Crippen LogP) is 2.60. The van der Waals surface area contributed by atoms with Crippen LogP contribution in [0, 0.1) is 6.92 Å². The first kappa shape index (κ1) is 21.9. The van der Waals surface area contributed by atoms with Crippen molar-refractivity contribution < 1.29 is 9.84 Å². The van der Waals surface area contributed by atoms with Crippen LogP contribution < -0.4 is 15.8 Å². The normalized spacial score (nSPS) is 12.2. The number of nitrogens with one attached hydrogen (secondary N) is 1. The summed E-state index contributed by atoms with van der Waals surface area (Å²) in [6, 6.07) is 6.21. The third-order valence-electron chi connectivity index (χ3n) is 4.65. The molecule has 0 saturated heterocycles. The van der Waals surface area contributed by atoms with Gasteiger partial charge in [-0.2, -0.15) is 4.98 Å². The second kappa shape index (κ2) is 10.2. The van der Waals surface area contributed by atoms with Crippen LogP contribution >= 0.6 is 0 Å². The van der Waals surface area contributed by atoms with Gasteiger partial charge < -0.3 is 25.8 Å². The number of aryl methyl sites for hydroxylation is 1. The molecular formula is C21H33N5O2. The quantitative estimate of drug-likeness (QED) is 0.576. The maximum atomic E-state index is 9.66. The molecule has 1 heterocycles. The molecule has 0 bridgehead atoms. The van der Waals surface area contributed by atoms with Crippen LogP contribution in [0.3, 0.4) is 0 Å². The molecule has 2 aromatic rings. The number of nitrogens with zero attached hydrogens (tertiary/aromatic N) is 3. The number of aliphatic hydroxyl groups excluding tert-OH is 1. The van der Waals surface area contributed by atoms with Gasteiger partial charge in [-0.05, 0) is 44.6 Å². The summed E-state index contributed by atoms with van der Waals surface area (Å²) in [6.07, 6.45) is 2.43. The zero-order valence-electron chi connectivity index (χ0n) is 17.6. The van der Waals surface area contributed by atoms with Crippen molar-refractivity contribution in [3.05, 3.63) is 40.6 Å². The van der Waals surface area contributed by atoms with Crippen LogP contribution in [-0.2, 0) is 13.0 Å². The molecule has 154 valence electrons. The van der Waals surface area contributed by atoms with Gasteiger partial charge in [0.2, 0.25) is 5.95 Å². The molecule has 0 amide bonds. The Hall–Kier alpha value is -2.38. The van der Waals surface area contributed by atoms with Crippen LogP contribution in [0.25, 0.3) is 0 Å². The summed E-state index contributed by atoms with van der Waals surface area (Å²) in [4.78, 5) is 10.9. The van der Waals surface area contributed by atoms with E-state index in [0.29, 0.717) is 12.2 Å². The number of hydrogen-bond donors (Lipinski definition) is 3. The van der Waals surface area contributed by atoms with Gasteiger partial charge in [-0.3, -0.25) is 0 Å². The van der Waals surface area contributed by atoms with Gasteiger partial charge in [0.05, 0.1) is 19.8 Å². The highest BCUT2D eigenvalue weighted by atomic mass is 16.5. The molecule has 0 aliphatic carbocycles. The largest absolute Gasteiger partial charge is 0.496 e. The highest BCUT2D eigenvalue weighted by molar-refractivity contribution is 5.53.